The van der Waals surface area contributed by atoms with Gasteiger partial charge in [0.25, 0.3) is 11.8 Å². The summed E-state index contributed by atoms with van der Waals surface area (Å²) >= 11 is 0. The second kappa shape index (κ2) is 22.8. The molecule has 4 aliphatic rings. The van der Waals surface area contributed by atoms with Gasteiger partial charge in [-0.2, -0.15) is 0 Å². The number of aryl methyl sites for hydroxylation is 2. The van der Waals surface area contributed by atoms with Crippen molar-refractivity contribution < 1.29 is 38.4 Å². The van der Waals surface area contributed by atoms with Crippen molar-refractivity contribution in [2.45, 2.75) is 154 Å². The molecule has 18 heteroatoms. The number of nitrogens with one attached hydrogen (secondary N) is 8. The van der Waals surface area contributed by atoms with Crippen LogP contribution in [0, 0.1) is 10.8 Å². The van der Waals surface area contributed by atoms with Crippen LogP contribution in [0.1, 0.15) is 136 Å². The number of benzene rings is 3. The third kappa shape index (κ3) is 12.5. The number of hydrogen-bond acceptors (Lipinski definition) is 10. The molecule has 0 radical (unpaired) electrons. The Balaban J connectivity index is 1.05. The summed E-state index contributed by atoms with van der Waals surface area (Å²) in [4.78, 5) is 115. The van der Waals surface area contributed by atoms with Gasteiger partial charge in [0, 0.05) is 36.3 Å². The fraction of sp³-hybridized carbons (Fsp3) is 0.536. The number of rotatable bonds is 16. The van der Waals surface area contributed by atoms with E-state index in [0.29, 0.717) is 12.8 Å². The second-order valence-corrected chi connectivity index (χ2v) is 22.6. The topological polar surface area (TPSA) is 239 Å². The van der Waals surface area contributed by atoms with Crippen LogP contribution in [0.3, 0.4) is 0 Å². The lowest BCUT2D eigenvalue weighted by molar-refractivity contribution is -0.144. The number of nitrogens with zero attached hydrogens (tertiary/aromatic N) is 2. The van der Waals surface area contributed by atoms with Gasteiger partial charge in [-0.25, -0.2) is 0 Å². The lowest BCUT2D eigenvalue weighted by Crippen LogP contribution is -2.59. The summed E-state index contributed by atoms with van der Waals surface area (Å²) in [5, 5.41) is 24.0. The molecule has 18 nitrogen and oxygen atoms in total. The summed E-state index contributed by atoms with van der Waals surface area (Å²) in [6.07, 6.45) is 3.30. The highest BCUT2D eigenvalue weighted by Crippen LogP contribution is 2.34. The van der Waals surface area contributed by atoms with E-state index in [-0.39, 0.29) is 72.8 Å². The van der Waals surface area contributed by atoms with Gasteiger partial charge in [0.05, 0.1) is 24.2 Å². The lowest BCUT2D eigenvalue weighted by Gasteiger charge is -2.36. The Bertz CT molecular complexity index is 2430. The number of fused-ring (bicyclic) bond motifs is 2. The van der Waals surface area contributed by atoms with Gasteiger partial charge in [-0.05, 0) is 124 Å². The zero-order valence-electron chi connectivity index (χ0n) is 44.5. The summed E-state index contributed by atoms with van der Waals surface area (Å²) in [6, 6.07) is 15.2. The summed E-state index contributed by atoms with van der Waals surface area (Å²) < 4.78 is 0. The molecule has 8 amide bonds. The first-order valence-electron chi connectivity index (χ1n) is 26.0. The molecule has 1 unspecified atom stereocenters. The maximum absolute atomic E-state index is 14.6. The molecular weight excluding hydrogens is 941 g/mol. The molecule has 2 aliphatic heterocycles. The SMILES string of the molecule is CN[C@@H](C)C(=O)N[C@H](C(=O)N1C[C@@H](NC(=O)c2ccc(C(=O)N[C@H]3C[C@@H](C(=O)N[C@@H]4CCc5ccccc54)N(C(=O)[C@@H](NC(=O)[C@H](C)NC)C(C)(C)C)C3)cc2)C[C@H]1C(=O)NC1CCc2ccccc21)C(C)(C)C. The Morgan fingerprint density at radius 2 is 0.865 bits per heavy atom. The molecule has 7 rings (SSSR count). The Morgan fingerprint density at radius 1 is 0.514 bits per heavy atom. The average molecular weight is 1020 g/mol. The molecule has 2 aliphatic carbocycles. The first-order valence-corrected chi connectivity index (χ1v) is 26.0. The normalized spacial score (nSPS) is 22.8. The van der Waals surface area contributed by atoms with Gasteiger partial charge in [-0.3, -0.25) is 38.4 Å². The zero-order valence-corrected chi connectivity index (χ0v) is 44.5. The lowest BCUT2D eigenvalue weighted by atomic mass is 9.85. The quantitative estimate of drug-likeness (QED) is 0.104. The van der Waals surface area contributed by atoms with Crippen molar-refractivity contribution in [2.24, 2.45) is 10.8 Å². The van der Waals surface area contributed by atoms with Gasteiger partial charge in [-0.1, -0.05) is 90.1 Å². The second-order valence-electron chi connectivity index (χ2n) is 22.6. The smallest absolute Gasteiger partial charge is 0.251 e. The fourth-order valence-corrected chi connectivity index (χ4v) is 10.6. The van der Waals surface area contributed by atoms with E-state index < -0.39 is 82.8 Å². The van der Waals surface area contributed by atoms with Crippen LogP contribution >= 0.6 is 0 Å². The highest BCUT2D eigenvalue weighted by Gasteiger charge is 2.48. The van der Waals surface area contributed by atoms with Crippen molar-refractivity contribution in [3.8, 4) is 0 Å². The predicted octanol–water partition coefficient (Wildman–Crippen LogP) is 2.97. The Morgan fingerprint density at radius 3 is 1.20 bits per heavy atom. The van der Waals surface area contributed by atoms with E-state index in [1.54, 1.807) is 27.9 Å². The van der Waals surface area contributed by atoms with Crippen LogP contribution in [0.2, 0.25) is 0 Å². The highest BCUT2D eigenvalue weighted by molar-refractivity contribution is 5.99. The maximum Gasteiger partial charge on any atom is 0.251 e. The number of hydrogen-bond donors (Lipinski definition) is 8. The van der Waals surface area contributed by atoms with Gasteiger partial charge in [0.2, 0.25) is 35.4 Å². The summed E-state index contributed by atoms with van der Waals surface area (Å²) in [5.74, 6) is -3.25. The van der Waals surface area contributed by atoms with E-state index in [1.807, 2.05) is 90.1 Å². The van der Waals surface area contributed by atoms with E-state index >= 15 is 0 Å². The predicted molar refractivity (Wildman–Crippen MR) is 280 cm³/mol. The van der Waals surface area contributed by atoms with E-state index in [4.69, 9.17) is 0 Å². The van der Waals surface area contributed by atoms with Crippen LogP contribution in [0.15, 0.2) is 72.8 Å². The highest BCUT2D eigenvalue weighted by atomic mass is 16.2. The van der Waals surface area contributed by atoms with Crippen LogP contribution in [-0.2, 0) is 41.6 Å². The first kappa shape index (κ1) is 55.1. The third-order valence-corrected chi connectivity index (χ3v) is 15.2. The maximum atomic E-state index is 14.6. The van der Waals surface area contributed by atoms with Crippen LogP contribution in [-0.4, -0.2) is 133 Å². The molecular formula is C56H76N10O8. The molecule has 3 aromatic rings. The van der Waals surface area contributed by atoms with Gasteiger partial charge in [-0.15, -0.1) is 0 Å². The number of likely N-dealkylation sites (N-methyl/N-ethyl adjacent to an activating group) is 2. The molecule has 8 N–H and O–H groups in total. The van der Waals surface area contributed by atoms with Crippen LogP contribution < -0.4 is 42.5 Å². The largest absolute Gasteiger partial charge is 0.347 e. The molecule has 3 aromatic carbocycles. The van der Waals surface area contributed by atoms with Crippen molar-refractivity contribution in [1.29, 1.82) is 0 Å². The average Bonchev–Trinajstić information content (AvgIpc) is 4.19. The van der Waals surface area contributed by atoms with Crippen LogP contribution in [0.5, 0.6) is 0 Å². The fourth-order valence-electron chi connectivity index (χ4n) is 10.6. The molecule has 2 fully saturated rings. The molecule has 10 atom stereocenters. The van der Waals surface area contributed by atoms with Crippen LogP contribution in [0.25, 0.3) is 0 Å². The molecule has 0 aromatic heterocycles. The Labute approximate surface area is 435 Å². The minimum Gasteiger partial charge on any atom is -0.347 e. The monoisotopic (exact) mass is 1020 g/mol. The first-order chi connectivity index (χ1) is 35.0. The molecule has 0 bridgehead atoms. The summed E-state index contributed by atoms with van der Waals surface area (Å²) in [7, 11) is 3.30. The minimum atomic E-state index is -0.979. The van der Waals surface area contributed by atoms with Gasteiger partial charge < -0.3 is 52.3 Å². The van der Waals surface area contributed by atoms with E-state index in [0.717, 1.165) is 35.1 Å². The van der Waals surface area contributed by atoms with Gasteiger partial charge in [0.15, 0.2) is 0 Å². The third-order valence-electron chi connectivity index (χ3n) is 15.2. The van der Waals surface area contributed by atoms with Crippen molar-refractivity contribution >= 4 is 47.3 Å². The van der Waals surface area contributed by atoms with Crippen molar-refractivity contribution in [2.75, 3.05) is 27.2 Å². The van der Waals surface area contributed by atoms with E-state index in [2.05, 4.69) is 42.5 Å². The molecule has 398 valence electrons. The van der Waals surface area contributed by atoms with Gasteiger partial charge >= 0.3 is 0 Å². The number of amides is 8. The molecule has 0 spiro atoms. The van der Waals surface area contributed by atoms with E-state index in [1.165, 1.54) is 34.1 Å². The Kier molecular flexibility index (Phi) is 17.0. The summed E-state index contributed by atoms with van der Waals surface area (Å²) in [6.45, 7) is 14.5. The standard InChI is InChI=1S/C56H76N10O8/c1-31(57-9)47(67)63-45(55(3,4)5)53(73)65-29-37(27-43(65)51(71)61-41-25-23-33-15-11-13-17-39(33)41)59-49(69)35-19-21-36(22-20-35)50(70)60-38-28-44(52(72)62-42-26-24-34-16-12-14-18-40(34)42)66(30-38)54(74)46(56(6,7)8)64-48(68)32(2)58-10/h11-22,31-32,37-38,41-46,57-58H,23-30H2,1-10H3,(H,59,69)(H,60,70)(H,61,71)(H,62,72)(H,63,67)(H,64,68)/t31-,32-,37-,38-,41+,42?,43-,44-,45+,46+/m0/s1. The zero-order chi connectivity index (χ0) is 53.8. The van der Waals surface area contributed by atoms with Crippen molar-refractivity contribution in [1.82, 2.24) is 52.3 Å². The van der Waals surface area contributed by atoms with Crippen LogP contribution in [0.4, 0.5) is 0 Å². The minimum absolute atomic E-state index is 0.0141. The Hall–Kier alpha value is -6.66. The molecule has 2 heterocycles. The molecule has 74 heavy (non-hydrogen) atoms. The van der Waals surface area contributed by atoms with Crippen molar-refractivity contribution in [3.63, 3.8) is 0 Å². The number of carbonyl (C=O) groups excluding carboxylic acids is 8. The number of likely N-dealkylation sites (tertiary alicyclic amines) is 2. The molecule has 0 saturated carbocycles. The molecule has 2 saturated heterocycles. The van der Waals surface area contributed by atoms with Crippen molar-refractivity contribution in [3.05, 3.63) is 106 Å². The number of carbonyl (C=O) groups is 8. The van der Waals surface area contributed by atoms with E-state index in [9.17, 15) is 38.4 Å². The summed E-state index contributed by atoms with van der Waals surface area (Å²) in [5.41, 5.74) is 3.40. The van der Waals surface area contributed by atoms with Gasteiger partial charge in [0.1, 0.15) is 24.2 Å².